The van der Waals surface area contributed by atoms with E-state index in [1.165, 1.54) is 0 Å². The van der Waals surface area contributed by atoms with E-state index in [1.807, 2.05) is 13.0 Å². The quantitative estimate of drug-likeness (QED) is 0.802. The lowest BCUT2D eigenvalue weighted by Crippen LogP contribution is -2.40. The molecule has 0 atom stereocenters. The van der Waals surface area contributed by atoms with Gasteiger partial charge in [0.15, 0.2) is 0 Å². The van der Waals surface area contributed by atoms with Gasteiger partial charge in [-0.15, -0.1) is 0 Å². The van der Waals surface area contributed by atoms with Crippen molar-refractivity contribution >= 4 is 11.7 Å². The monoisotopic (exact) mass is 252 g/mol. The van der Waals surface area contributed by atoms with E-state index in [2.05, 4.69) is 15.3 Å². The Morgan fingerprint density at radius 3 is 2.78 bits per heavy atom. The number of carbonyl (C=O) groups is 1. The second kappa shape index (κ2) is 5.49. The van der Waals surface area contributed by atoms with Crippen molar-refractivity contribution in [3.05, 3.63) is 11.8 Å². The Morgan fingerprint density at radius 2 is 2.22 bits per heavy atom. The van der Waals surface area contributed by atoms with E-state index in [1.54, 1.807) is 11.7 Å². The van der Waals surface area contributed by atoms with Gasteiger partial charge in [-0.3, -0.25) is 14.4 Å². The molecule has 2 heterocycles. The Labute approximate surface area is 107 Å². The van der Waals surface area contributed by atoms with Crippen molar-refractivity contribution in [2.45, 2.75) is 25.9 Å². The average Bonchev–Trinajstić information content (AvgIpc) is 2.61. The highest BCUT2D eigenvalue weighted by Gasteiger charge is 2.19. The lowest BCUT2D eigenvalue weighted by Gasteiger charge is -2.28. The third-order valence-electron chi connectivity index (χ3n) is 3.19. The highest BCUT2D eigenvalue weighted by molar-refractivity contribution is 5.91. The van der Waals surface area contributed by atoms with Crippen LogP contribution in [0.3, 0.4) is 0 Å². The van der Waals surface area contributed by atoms with Crippen molar-refractivity contribution in [1.82, 2.24) is 14.7 Å². The number of piperidine rings is 1. The minimum absolute atomic E-state index is 0.0330. The molecule has 1 aromatic rings. The number of likely N-dealkylation sites (tertiary alicyclic amines) is 1. The van der Waals surface area contributed by atoms with E-state index in [0.29, 0.717) is 6.54 Å². The molecule has 6 nitrogen and oxygen atoms in total. The predicted octanol–water partition coefficient (Wildman–Crippen LogP) is 0.124. The van der Waals surface area contributed by atoms with Crippen molar-refractivity contribution in [3.63, 3.8) is 0 Å². The van der Waals surface area contributed by atoms with E-state index >= 15 is 0 Å². The largest absolute Gasteiger partial charge is 0.393 e. The summed E-state index contributed by atoms with van der Waals surface area (Å²) < 4.78 is 1.66. The van der Waals surface area contributed by atoms with Crippen LogP contribution >= 0.6 is 0 Å². The topological polar surface area (TPSA) is 70.4 Å². The molecule has 1 saturated heterocycles. The van der Waals surface area contributed by atoms with Gasteiger partial charge in [0.25, 0.3) is 0 Å². The van der Waals surface area contributed by atoms with Crippen molar-refractivity contribution in [2.75, 3.05) is 25.0 Å². The number of anilines is 1. The van der Waals surface area contributed by atoms with Gasteiger partial charge in [-0.1, -0.05) is 0 Å². The lowest BCUT2D eigenvalue weighted by molar-refractivity contribution is -0.117. The summed E-state index contributed by atoms with van der Waals surface area (Å²) in [5.41, 5.74) is 0.883. The van der Waals surface area contributed by atoms with Crippen LogP contribution in [0.25, 0.3) is 0 Å². The number of rotatable bonds is 3. The van der Waals surface area contributed by atoms with Gasteiger partial charge in [-0.2, -0.15) is 5.10 Å². The number of aromatic nitrogens is 2. The maximum absolute atomic E-state index is 11.9. The summed E-state index contributed by atoms with van der Waals surface area (Å²) in [6, 6.07) is 1.85. The molecular weight excluding hydrogens is 232 g/mol. The first kappa shape index (κ1) is 13.0. The molecule has 100 valence electrons. The third-order valence-corrected chi connectivity index (χ3v) is 3.19. The van der Waals surface area contributed by atoms with E-state index in [9.17, 15) is 9.90 Å². The van der Waals surface area contributed by atoms with Gasteiger partial charge in [0, 0.05) is 26.2 Å². The average molecular weight is 252 g/mol. The second-order valence-corrected chi connectivity index (χ2v) is 4.85. The number of aliphatic hydroxyl groups excluding tert-OH is 1. The lowest BCUT2D eigenvalue weighted by atomic mass is 10.1. The minimum atomic E-state index is -0.205. The van der Waals surface area contributed by atoms with Crippen molar-refractivity contribution in [3.8, 4) is 0 Å². The van der Waals surface area contributed by atoms with Gasteiger partial charge in [0.05, 0.1) is 18.3 Å². The molecule has 0 spiro atoms. The zero-order valence-electron chi connectivity index (χ0n) is 10.9. The Bertz CT molecular complexity index is 422. The Balaban J connectivity index is 1.83. The van der Waals surface area contributed by atoms with E-state index < -0.39 is 0 Å². The van der Waals surface area contributed by atoms with Crippen LogP contribution in [0.4, 0.5) is 5.82 Å². The van der Waals surface area contributed by atoms with Crippen LogP contribution in [0.5, 0.6) is 0 Å². The summed E-state index contributed by atoms with van der Waals surface area (Å²) in [6.07, 6.45) is 1.29. The first-order valence-corrected chi connectivity index (χ1v) is 6.25. The van der Waals surface area contributed by atoms with Gasteiger partial charge in [0.1, 0.15) is 5.82 Å². The SMILES string of the molecule is Cc1cc(NC(=O)CN2CCC(O)CC2)n(C)n1. The molecule has 0 aliphatic carbocycles. The van der Waals surface area contributed by atoms with Gasteiger partial charge < -0.3 is 10.4 Å². The Morgan fingerprint density at radius 1 is 1.56 bits per heavy atom. The van der Waals surface area contributed by atoms with Gasteiger partial charge in [-0.05, 0) is 19.8 Å². The van der Waals surface area contributed by atoms with Crippen LogP contribution in [-0.4, -0.2) is 51.4 Å². The molecule has 1 fully saturated rings. The van der Waals surface area contributed by atoms with Gasteiger partial charge in [0.2, 0.25) is 5.91 Å². The molecule has 2 rings (SSSR count). The zero-order chi connectivity index (χ0) is 13.1. The molecule has 1 aliphatic rings. The van der Waals surface area contributed by atoms with E-state index in [4.69, 9.17) is 0 Å². The van der Waals surface area contributed by atoms with Crippen molar-refractivity contribution < 1.29 is 9.90 Å². The summed E-state index contributed by atoms with van der Waals surface area (Å²) in [4.78, 5) is 13.9. The fourth-order valence-corrected chi connectivity index (χ4v) is 2.19. The highest BCUT2D eigenvalue weighted by atomic mass is 16.3. The second-order valence-electron chi connectivity index (χ2n) is 4.85. The molecule has 0 radical (unpaired) electrons. The third kappa shape index (κ3) is 3.30. The van der Waals surface area contributed by atoms with E-state index in [-0.39, 0.29) is 12.0 Å². The molecule has 0 unspecified atom stereocenters. The number of carbonyl (C=O) groups excluding carboxylic acids is 1. The Kier molecular flexibility index (Phi) is 3.98. The highest BCUT2D eigenvalue weighted by Crippen LogP contribution is 2.11. The van der Waals surface area contributed by atoms with Crippen LogP contribution in [0.1, 0.15) is 18.5 Å². The number of hydrogen-bond acceptors (Lipinski definition) is 4. The van der Waals surface area contributed by atoms with Crippen LogP contribution in [0.2, 0.25) is 0 Å². The molecule has 6 heteroatoms. The summed E-state index contributed by atoms with van der Waals surface area (Å²) in [7, 11) is 1.81. The predicted molar refractivity (Wildman–Crippen MR) is 68.3 cm³/mol. The van der Waals surface area contributed by atoms with E-state index in [0.717, 1.165) is 37.4 Å². The molecule has 0 saturated carbocycles. The van der Waals surface area contributed by atoms with Gasteiger partial charge >= 0.3 is 0 Å². The molecule has 1 aliphatic heterocycles. The standard InChI is InChI=1S/C12H20N4O2/c1-9-7-11(15(2)14-9)13-12(18)8-16-5-3-10(17)4-6-16/h7,10,17H,3-6,8H2,1-2H3,(H,13,18). The summed E-state index contributed by atoms with van der Waals surface area (Å²) in [5.74, 6) is 0.684. The first-order valence-electron chi connectivity index (χ1n) is 6.25. The maximum Gasteiger partial charge on any atom is 0.239 e. The molecule has 0 bridgehead atoms. The number of amides is 1. The molecular formula is C12H20N4O2. The number of nitrogens with one attached hydrogen (secondary N) is 1. The fourth-order valence-electron chi connectivity index (χ4n) is 2.19. The summed E-state index contributed by atoms with van der Waals surface area (Å²) in [5, 5.41) is 16.4. The van der Waals surface area contributed by atoms with Crippen molar-refractivity contribution in [1.29, 1.82) is 0 Å². The number of nitrogens with zero attached hydrogens (tertiary/aromatic N) is 3. The summed E-state index contributed by atoms with van der Waals surface area (Å²) in [6.45, 7) is 3.82. The summed E-state index contributed by atoms with van der Waals surface area (Å²) >= 11 is 0. The minimum Gasteiger partial charge on any atom is -0.393 e. The number of aliphatic hydroxyl groups is 1. The number of hydrogen-bond donors (Lipinski definition) is 2. The first-order chi connectivity index (χ1) is 8.54. The maximum atomic E-state index is 11.9. The molecule has 1 aromatic heterocycles. The zero-order valence-corrected chi connectivity index (χ0v) is 10.9. The fraction of sp³-hybridized carbons (Fsp3) is 0.667. The Hall–Kier alpha value is -1.40. The van der Waals surface area contributed by atoms with Crippen LogP contribution < -0.4 is 5.32 Å². The molecule has 2 N–H and O–H groups in total. The van der Waals surface area contributed by atoms with Crippen molar-refractivity contribution in [2.24, 2.45) is 7.05 Å². The molecule has 1 amide bonds. The smallest absolute Gasteiger partial charge is 0.239 e. The number of aryl methyl sites for hydroxylation is 2. The van der Waals surface area contributed by atoms with Crippen LogP contribution in [-0.2, 0) is 11.8 Å². The van der Waals surface area contributed by atoms with Gasteiger partial charge in [-0.25, -0.2) is 0 Å². The van der Waals surface area contributed by atoms with Crippen LogP contribution in [0, 0.1) is 6.92 Å². The molecule has 0 aromatic carbocycles. The normalized spacial score (nSPS) is 17.9. The molecule has 18 heavy (non-hydrogen) atoms. The van der Waals surface area contributed by atoms with Crippen LogP contribution in [0.15, 0.2) is 6.07 Å².